The molecule has 0 radical (unpaired) electrons. The molecule has 0 atom stereocenters. The number of hydrogen-bond acceptors (Lipinski definition) is 6. The Kier molecular flexibility index (Phi) is 4.05. The van der Waals surface area contributed by atoms with Gasteiger partial charge >= 0.3 is 0 Å². The molecule has 26 heavy (non-hydrogen) atoms. The van der Waals surface area contributed by atoms with Gasteiger partial charge in [0.25, 0.3) is 0 Å². The summed E-state index contributed by atoms with van der Waals surface area (Å²) >= 11 is 1.91. The molecule has 0 spiro atoms. The maximum atomic E-state index is 5.62. The van der Waals surface area contributed by atoms with Crippen LogP contribution in [0.1, 0.15) is 40.4 Å². The van der Waals surface area contributed by atoms with Crippen LogP contribution in [0, 0.1) is 0 Å². The highest BCUT2D eigenvalue weighted by molar-refractivity contribution is 7.16. The highest BCUT2D eigenvalue weighted by Crippen LogP contribution is 2.40. The van der Waals surface area contributed by atoms with Crippen molar-refractivity contribution in [3.63, 3.8) is 0 Å². The zero-order valence-electron chi connectivity index (χ0n) is 14.5. The second-order valence-electron chi connectivity index (χ2n) is 6.75. The number of anilines is 1. The molecule has 3 aromatic heterocycles. The lowest BCUT2D eigenvalue weighted by Gasteiger charge is -2.28. The quantitative estimate of drug-likeness (QED) is 0.729. The van der Waals surface area contributed by atoms with Crippen molar-refractivity contribution in [2.45, 2.75) is 38.8 Å². The number of aliphatic imine (C=N–C) groups is 1. The standard InChI is InChI=1S/C20H21N3O2S/c1-2-8-17-16(7-1)18-19(21-13-22-20(18)26-17)23(11-14-5-3-9-24-14)12-15-6-4-10-25-15/h3-6,9-10,22H,1-2,7-8,11-13H2. The zero-order valence-corrected chi connectivity index (χ0v) is 15.3. The van der Waals surface area contributed by atoms with Crippen molar-refractivity contribution in [3.05, 3.63) is 64.3 Å². The van der Waals surface area contributed by atoms with E-state index in [1.54, 1.807) is 12.5 Å². The maximum absolute atomic E-state index is 5.62. The van der Waals surface area contributed by atoms with Gasteiger partial charge in [-0.3, -0.25) is 0 Å². The van der Waals surface area contributed by atoms with E-state index in [-0.39, 0.29) is 0 Å². The number of fused-ring (bicyclic) bond motifs is 3. The van der Waals surface area contributed by atoms with Gasteiger partial charge in [0.15, 0.2) is 0 Å². The van der Waals surface area contributed by atoms with Crippen LogP contribution in [0.2, 0.25) is 0 Å². The number of nitrogens with zero attached hydrogens (tertiary/aromatic N) is 2. The lowest BCUT2D eigenvalue weighted by molar-refractivity contribution is 0.325. The van der Waals surface area contributed by atoms with E-state index >= 15 is 0 Å². The van der Waals surface area contributed by atoms with Crippen LogP contribution in [-0.2, 0) is 25.9 Å². The molecule has 4 heterocycles. The molecule has 1 aliphatic heterocycles. The Morgan fingerprint density at radius 2 is 1.77 bits per heavy atom. The van der Waals surface area contributed by atoms with Crippen molar-refractivity contribution in [1.82, 2.24) is 4.90 Å². The van der Waals surface area contributed by atoms with E-state index in [2.05, 4.69) is 10.2 Å². The third-order valence-electron chi connectivity index (χ3n) is 5.02. The summed E-state index contributed by atoms with van der Waals surface area (Å²) in [6, 6.07) is 7.90. The summed E-state index contributed by atoms with van der Waals surface area (Å²) in [4.78, 5) is 8.67. The van der Waals surface area contributed by atoms with E-state index in [1.165, 1.54) is 40.3 Å². The van der Waals surface area contributed by atoms with E-state index < -0.39 is 0 Å². The fourth-order valence-corrected chi connectivity index (χ4v) is 5.11. The normalized spacial score (nSPS) is 15.8. The summed E-state index contributed by atoms with van der Waals surface area (Å²) < 4.78 is 11.2. The summed E-state index contributed by atoms with van der Waals surface area (Å²) in [6.45, 7) is 1.97. The molecule has 0 amide bonds. The van der Waals surface area contributed by atoms with E-state index in [0.717, 1.165) is 23.8 Å². The topological polar surface area (TPSA) is 53.9 Å². The second-order valence-corrected chi connectivity index (χ2v) is 7.85. The van der Waals surface area contributed by atoms with Crippen LogP contribution in [0.25, 0.3) is 0 Å². The first kappa shape index (κ1) is 15.8. The SMILES string of the molecule is c1coc(CN(Cc2ccco2)C2=NCNc3sc4c(c32)CCCC4)c1. The van der Waals surface area contributed by atoms with Gasteiger partial charge in [-0.15, -0.1) is 11.3 Å². The number of aryl methyl sites for hydroxylation is 1. The van der Waals surface area contributed by atoms with Gasteiger partial charge in [-0.1, -0.05) is 0 Å². The number of thiophene rings is 1. The van der Waals surface area contributed by atoms with Crippen LogP contribution in [0.4, 0.5) is 5.00 Å². The number of furan rings is 2. The largest absolute Gasteiger partial charge is 0.467 e. The third kappa shape index (κ3) is 2.84. The molecule has 6 heteroatoms. The third-order valence-corrected chi connectivity index (χ3v) is 6.27. The highest BCUT2D eigenvalue weighted by Gasteiger charge is 2.29. The highest BCUT2D eigenvalue weighted by atomic mass is 32.1. The van der Waals surface area contributed by atoms with Gasteiger partial charge in [0.1, 0.15) is 29.0 Å². The summed E-state index contributed by atoms with van der Waals surface area (Å²) in [5, 5.41) is 4.75. The zero-order chi connectivity index (χ0) is 17.3. The van der Waals surface area contributed by atoms with Gasteiger partial charge in [0, 0.05) is 4.88 Å². The van der Waals surface area contributed by atoms with Gasteiger partial charge in [0.2, 0.25) is 0 Å². The van der Waals surface area contributed by atoms with Gasteiger partial charge in [-0.2, -0.15) is 0 Å². The van der Waals surface area contributed by atoms with Crippen LogP contribution < -0.4 is 5.32 Å². The Hall–Kier alpha value is -2.47. The van der Waals surface area contributed by atoms with E-state index in [1.807, 2.05) is 35.6 Å². The molecule has 1 aliphatic carbocycles. The predicted octanol–water partition coefficient (Wildman–Crippen LogP) is 4.64. The molecular weight excluding hydrogens is 346 g/mol. The average molecular weight is 367 g/mol. The molecule has 0 saturated carbocycles. The first-order valence-electron chi connectivity index (χ1n) is 9.11. The lowest BCUT2D eigenvalue weighted by atomic mass is 9.94. The number of rotatable bonds is 4. The van der Waals surface area contributed by atoms with Gasteiger partial charge in [-0.05, 0) is 55.5 Å². The summed E-state index contributed by atoms with van der Waals surface area (Å²) in [7, 11) is 0. The fourth-order valence-electron chi connectivity index (χ4n) is 3.84. The molecule has 2 aliphatic rings. The van der Waals surface area contributed by atoms with Crippen LogP contribution >= 0.6 is 11.3 Å². The molecule has 134 valence electrons. The predicted molar refractivity (Wildman–Crippen MR) is 103 cm³/mol. The molecule has 5 rings (SSSR count). The summed E-state index contributed by atoms with van der Waals surface area (Å²) in [5.74, 6) is 2.93. The average Bonchev–Trinajstić information content (AvgIpc) is 3.41. The fraction of sp³-hybridized carbons (Fsp3) is 0.350. The van der Waals surface area contributed by atoms with Crippen LogP contribution in [0.15, 0.2) is 50.6 Å². The maximum Gasteiger partial charge on any atom is 0.136 e. The second kappa shape index (κ2) is 6.68. The summed E-state index contributed by atoms with van der Waals surface area (Å²) in [6.07, 6.45) is 8.35. The van der Waals surface area contributed by atoms with Gasteiger partial charge in [0.05, 0.1) is 31.2 Å². The minimum absolute atomic E-state index is 0.620. The van der Waals surface area contributed by atoms with E-state index in [0.29, 0.717) is 19.8 Å². The van der Waals surface area contributed by atoms with Crippen molar-refractivity contribution in [3.8, 4) is 0 Å². The van der Waals surface area contributed by atoms with E-state index in [4.69, 9.17) is 13.8 Å². The molecular formula is C20H21N3O2S. The summed E-state index contributed by atoms with van der Waals surface area (Å²) in [5.41, 5.74) is 2.79. The Morgan fingerprint density at radius 3 is 2.46 bits per heavy atom. The van der Waals surface area contributed by atoms with Crippen molar-refractivity contribution in [1.29, 1.82) is 0 Å². The molecule has 0 unspecified atom stereocenters. The number of nitrogens with one attached hydrogen (secondary N) is 1. The van der Waals surface area contributed by atoms with Crippen molar-refractivity contribution >= 4 is 22.2 Å². The number of amidine groups is 1. The Bertz CT molecular complexity index is 873. The van der Waals surface area contributed by atoms with Crippen molar-refractivity contribution in [2.75, 3.05) is 12.0 Å². The smallest absolute Gasteiger partial charge is 0.136 e. The van der Waals surface area contributed by atoms with Crippen molar-refractivity contribution in [2.24, 2.45) is 4.99 Å². The Labute approximate surface area is 156 Å². The first-order valence-corrected chi connectivity index (χ1v) is 9.93. The Morgan fingerprint density at radius 1 is 1.04 bits per heavy atom. The minimum Gasteiger partial charge on any atom is -0.467 e. The molecule has 0 saturated heterocycles. The first-order chi connectivity index (χ1) is 12.9. The number of hydrogen-bond donors (Lipinski definition) is 1. The molecule has 1 N–H and O–H groups in total. The van der Waals surface area contributed by atoms with Crippen molar-refractivity contribution < 1.29 is 8.83 Å². The molecule has 5 nitrogen and oxygen atoms in total. The van der Waals surface area contributed by atoms with Crippen LogP contribution in [0.3, 0.4) is 0 Å². The van der Waals surface area contributed by atoms with Gasteiger partial charge in [-0.25, -0.2) is 4.99 Å². The van der Waals surface area contributed by atoms with Crippen LogP contribution in [0.5, 0.6) is 0 Å². The minimum atomic E-state index is 0.620. The molecule has 0 aromatic carbocycles. The van der Waals surface area contributed by atoms with E-state index in [9.17, 15) is 0 Å². The van der Waals surface area contributed by atoms with Crippen LogP contribution in [-0.4, -0.2) is 17.4 Å². The molecule has 0 bridgehead atoms. The lowest BCUT2D eigenvalue weighted by Crippen LogP contribution is -2.34. The Balaban J connectivity index is 1.54. The van der Waals surface area contributed by atoms with Gasteiger partial charge < -0.3 is 19.1 Å². The monoisotopic (exact) mass is 367 g/mol. The molecule has 3 aromatic rings. The molecule has 0 fully saturated rings.